The summed E-state index contributed by atoms with van der Waals surface area (Å²) in [7, 11) is 0. The number of nitrogens with one attached hydrogen (secondary N) is 1. The molecule has 0 aliphatic heterocycles. The molecule has 5 rings (SSSR count). The number of benzene rings is 1. The average molecular weight is 412 g/mol. The standard InChI is InChI=1S/C27H38FNO/c1-17-3-9-21-19(15-17)6-10-23-22(21)13-14-27(2)24(23)11-12-25(27)26(30)29-16-18-4-7-20(28)8-5-18/h4-5,7-8,17,19,21-25H,3,6,9-16H2,1-2H3,(H,29,30). The summed E-state index contributed by atoms with van der Waals surface area (Å²) in [5.41, 5.74) is 1.14. The van der Waals surface area contributed by atoms with Crippen molar-refractivity contribution in [1.29, 1.82) is 0 Å². The van der Waals surface area contributed by atoms with Gasteiger partial charge in [-0.1, -0.05) is 32.4 Å². The molecule has 0 bridgehead atoms. The average Bonchev–Trinajstić information content (AvgIpc) is 3.10. The smallest absolute Gasteiger partial charge is 0.223 e. The lowest BCUT2D eigenvalue weighted by Gasteiger charge is -2.56. The van der Waals surface area contributed by atoms with Gasteiger partial charge in [0.1, 0.15) is 5.82 Å². The predicted molar refractivity (Wildman–Crippen MR) is 118 cm³/mol. The Labute approximate surface area is 181 Å². The number of hydrogen-bond donors (Lipinski definition) is 1. The molecule has 0 saturated heterocycles. The number of hydrogen-bond acceptors (Lipinski definition) is 1. The molecule has 4 aliphatic carbocycles. The Kier molecular flexibility index (Phi) is 5.44. The van der Waals surface area contributed by atoms with Crippen LogP contribution in [0.2, 0.25) is 0 Å². The Morgan fingerprint density at radius 1 is 1.00 bits per heavy atom. The van der Waals surface area contributed by atoms with Crippen LogP contribution in [0.3, 0.4) is 0 Å². The number of amides is 1. The molecule has 4 aliphatic rings. The number of halogens is 1. The highest BCUT2D eigenvalue weighted by atomic mass is 19.1. The molecule has 4 fully saturated rings. The molecule has 0 radical (unpaired) electrons. The van der Waals surface area contributed by atoms with E-state index in [1.54, 1.807) is 12.1 Å². The molecule has 164 valence electrons. The molecule has 8 atom stereocenters. The quantitative estimate of drug-likeness (QED) is 0.617. The molecule has 0 aromatic heterocycles. The molecular formula is C27H38FNO. The van der Waals surface area contributed by atoms with Crippen molar-refractivity contribution in [3.8, 4) is 0 Å². The summed E-state index contributed by atoms with van der Waals surface area (Å²) >= 11 is 0. The van der Waals surface area contributed by atoms with E-state index in [1.807, 2.05) is 0 Å². The minimum Gasteiger partial charge on any atom is -0.352 e. The van der Waals surface area contributed by atoms with E-state index in [0.717, 1.165) is 47.5 Å². The summed E-state index contributed by atoms with van der Waals surface area (Å²) in [6, 6.07) is 6.48. The second-order valence-electron chi connectivity index (χ2n) is 11.4. The zero-order valence-corrected chi connectivity index (χ0v) is 18.7. The number of fused-ring (bicyclic) bond motifs is 5. The van der Waals surface area contributed by atoms with Crippen LogP contribution < -0.4 is 5.32 Å². The van der Waals surface area contributed by atoms with Crippen LogP contribution in [-0.2, 0) is 11.3 Å². The second kappa shape index (κ2) is 7.95. The first kappa shape index (κ1) is 20.5. The van der Waals surface area contributed by atoms with Gasteiger partial charge in [0.2, 0.25) is 5.91 Å². The third-order valence-corrected chi connectivity index (χ3v) is 9.91. The summed E-state index contributed by atoms with van der Waals surface area (Å²) in [5, 5.41) is 3.18. The van der Waals surface area contributed by atoms with Gasteiger partial charge in [-0.05, 0) is 110 Å². The molecule has 4 saturated carbocycles. The number of carbonyl (C=O) groups is 1. The van der Waals surface area contributed by atoms with E-state index in [9.17, 15) is 9.18 Å². The third kappa shape index (κ3) is 3.50. The van der Waals surface area contributed by atoms with Crippen molar-refractivity contribution in [2.45, 2.75) is 78.2 Å². The van der Waals surface area contributed by atoms with Crippen molar-refractivity contribution < 1.29 is 9.18 Å². The molecule has 1 N–H and O–H groups in total. The maximum absolute atomic E-state index is 13.2. The van der Waals surface area contributed by atoms with Crippen LogP contribution in [0.5, 0.6) is 0 Å². The Morgan fingerprint density at radius 3 is 2.57 bits per heavy atom. The third-order valence-electron chi connectivity index (χ3n) is 9.91. The predicted octanol–water partition coefficient (Wildman–Crippen LogP) is 6.35. The highest BCUT2D eigenvalue weighted by Crippen LogP contribution is 2.64. The van der Waals surface area contributed by atoms with Crippen LogP contribution in [0.25, 0.3) is 0 Å². The number of rotatable bonds is 3. The lowest BCUT2D eigenvalue weighted by Crippen LogP contribution is -2.50. The van der Waals surface area contributed by atoms with Crippen molar-refractivity contribution in [3.05, 3.63) is 35.6 Å². The lowest BCUT2D eigenvalue weighted by molar-refractivity contribution is -0.132. The van der Waals surface area contributed by atoms with Crippen LogP contribution in [0.1, 0.15) is 77.2 Å². The van der Waals surface area contributed by atoms with Gasteiger partial charge in [0, 0.05) is 12.5 Å². The minimum atomic E-state index is -0.227. The van der Waals surface area contributed by atoms with Crippen LogP contribution in [-0.4, -0.2) is 5.91 Å². The summed E-state index contributed by atoms with van der Waals surface area (Å²) in [6.07, 6.45) is 12.0. The fourth-order valence-corrected chi connectivity index (χ4v) is 8.43. The highest BCUT2D eigenvalue weighted by molar-refractivity contribution is 5.80. The van der Waals surface area contributed by atoms with Crippen LogP contribution in [0, 0.1) is 52.7 Å². The molecule has 0 spiro atoms. The monoisotopic (exact) mass is 411 g/mol. The molecule has 1 amide bonds. The van der Waals surface area contributed by atoms with Gasteiger partial charge in [0.25, 0.3) is 0 Å². The van der Waals surface area contributed by atoms with Gasteiger partial charge >= 0.3 is 0 Å². The Hall–Kier alpha value is -1.38. The van der Waals surface area contributed by atoms with E-state index in [4.69, 9.17) is 0 Å². The molecule has 3 heteroatoms. The first-order valence-electron chi connectivity index (χ1n) is 12.5. The lowest BCUT2D eigenvalue weighted by atomic mass is 9.49. The first-order valence-corrected chi connectivity index (χ1v) is 12.5. The van der Waals surface area contributed by atoms with Gasteiger partial charge in [-0.25, -0.2) is 4.39 Å². The Morgan fingerprint density at radius 2 is 1.77 bits per heavy atom. The van der Waals surface area contributed by atoms with Gasteiger partial charge in [-0.2, -0.15) is 0 Å². The molecule has 8 unspecified atom stereocenters. The maximum Gasteiger partial charge on any atom is 0.223 e. The van der Waals surface area contributed by atoms with Gasteiger partial charge < -0.3 is 5.32 Å². The maximum atomic E-state index is 13.2. The number of carbonyl (C=O) groups excluding carboxylic acids is 1. The van der Waals surface area contributed by atoms with E-state index < -0.39 is 0 Å². The molecule has 0 heterocycles. The molecule has 1 aromatic carbocycles. The van der Waals surface area contributed by atoms with Gasteiger partial charge in [-0.15, -0.1) is 0 Å². The molecule has 1 aromatic rings. The molecular weight excluding hydrogens is 373 g/mol. The van der Waals surface area contributed by atoms with Gasteiger partial charge in [0.05, 0.1) is 0 Å². The highest BCUT2D eigenvalue weighted by Gasteiger charge is 2.58. The SMILES string of the molecule is CC1CCC2C(CCC3C2CCC2(C)C(C(=O)NCc4ccc(F)cc4)CCC32)C1. The van der Waals surface area contributed by atoms with E-state index in [1.165, 1.54) is 63.5 Å². The van der Waals surface area contributed by atoms with Crippen molar-refractivity contribution in [2.24, 2.45) is 46.8 Å². The van der Waals surface area contributed by atoms with E-state index >= 15 is 0 Å². The van der Waals surface area contributed by atoms with E-state index in [-0.39, 0.29) is 23.1 Å². The largest absolute Gasteiger partial charge is 0.352 e. The van der Waals surface area contributed by atoms with Crippen LogP contribution in [0.15, 0.2) is 24.3 Å². The van der Waals surface area contributed by atoms with Crippen LogP contribution in [0.4, 0.5) is 4.39 Å². The summed E-state index contributed by atoms with van der Waals surface area (Å²) < 4.78 is 13.1. The Bertz CT molecular complexity index is 776. The van der Waals surface area contributed by atoms with Crippen molar-refractivity contribution in [2.75, 3.05) is 0 Å². The first-order chi connectivity index (χ1) is 14.5. The van der Waals surface area contributed by atoms with Gasteiger partial charge in [0.15, 0.2) is 0 Å². The zero-order valence-electron chi connectivity index (χ0n) is 18.7. The molecule has 30 heavy (non-hydrogen) atoms. The van der Waals surface area contributed by atoms with Crippen molar-refractivity contribution in [3.63, 3.8) is 0 Å². The minimum absolute atomic E-state index is 0.146. The summed E-state index contributed by atoms with van der Waals surface area (Å²) in [4.78, 5) is 13.2. The zero-order chi connectivity index (χ0) is 20.9. The van der Waals surface area contributed by atoms with Gasteiger partial charge in [-0.3, -0.25) is 4.79 Å². The van der Waals surface area contributed by atoms with Crippen molar-refractivity contribution in [1.82, 2.24) is 5.32 Å². The topological polar surface area (TPSA) is 29.1 Å². The fraction of sp³-hybridized carbons (Fsp3) is 0.741. The normalized spacial score (nSPS) is 42.7. The Balaban J connectivity index is 1.26. The second-order valence-corrected chi connectivity index (χ2v) is 11.4. The summed E-state index contributed by atoms with van der Waals surface area (Å²) in [5.74, 6) is 5.54. The van der Waals surface area contributed by atoms with E-state index in [0.29, 0.717) is 6.54 Å². The summed E-state index contributed by atoms with van der Waals surface area (Å²) in [6.45, 7) is 5.38. The van der Waals surface area contributed by atoms with E-state index in [2.05, 4.69) is 19.2 Å². The van der Waals surface area contributed by atoms with Crippen LogP contribution >= 0.6 is 0 Å². The fourth-order valence-electron chi connectivity index (χ4n) is 8.43. The molecule has 2 nitrogen and oxygen atoms in total. The van der Waals surface area contributed by atoms with Crippen molar-refractivity contribution >= 4 is 5.91 Å².